The Morgan fingerprint density at radius 2 is 2.11 bits per heavy atom. The topological polar surface area (TPSA) is 108 Å². The highest BCUT2D eigenvalue weighted by molar-refractivity contribution is 5.90. The Labute approximate surface area is 111 Å². The van der Waals surface area contributed by atoms with Crippen molar-refractivity contribution >= 4 is 11.9 Å². The van der Waals surface area contributed by atoms with Gasteiger partial charge in [0.25, 0.3) is 5.91 Å². The molecule has 7 nitrogen and oxygen atoms in total. The fraction of sp³-hybridized carbons (Fsp3) is 0.667. The molecule has 0 unspecified atom stereocenters. The summed E-state index contributed by atoms with van der Waals surface area (Å²) in [6.45, 7) is 6.07. The predicted molar refractivity (Wildman–Crippen MR) is 68.7 cm³/mol. The zero-order valence-electron chi connectivity index (χ0n) is 11.4. The van der Waals surface area contributed by atoms with Crippen LogP contribution in [-0.4, -0.2) is 38.7 Å². The normalized spacial score (nSPS) is 12.4. The average Bonchev–Trinajstić information content (AvgIpc) is 2.71. The molecule has 0 aromatic carbocycles. The van der Waals surface area contributed by atoms with Gasteiger partial charge < -0.3 is 10.4 Å². The molecule has 1 aromatic rings. The predicted octanol–water partition coefficient (Wildman–Crippen LogP) is 0.980. The van der Waals surface area contributed by atoms with Crippen molar-refractivity contribution in [1.29, 1.82) is 0 Å². The highest BCUT2D eigenvalue weighted by Gasteiger charge is 2.18. The molecule has 0 radical (unpaired) electrons. The first kappa shape index (κ1) is 15.1. The number of carboxylic acid groups (broad SMARTS) is 1. The molecule has 0 spiro atoms. The van der Waals surface area contributed by atoms with Crippen molar-refractivity contribution in [2.75, 3.05) is 6.54 Å². The summed E-state index contributed by atoms with van der Waals surface area (Å²) in [5, 5.41) is 17.9. The van der Waals surface area contributed by atoms with E-state index in [1.165, 1.54) is 0 Å². The number of nitrogens with one attached hydrogen (secondary N) is 2. The first-order chi connectivity index (χ1) is 8.88. The van der Waals surface area contributed by atoms with Gasteiger partial charge in [0.05, 0.1) is 0 Å². The highest BCUT2D eigenvalue weighted by Crippen LogP contribution is 2.14. The van der Waals surface area contributed by atoms with Gasteiger partial charge in [0.2, 0.25) is 5.82 Å². The minimum Gasteiger partial charge on any atom is -0.481 e. The molecule has 3 N–H and O–H groups in total. The summed E-state index contributed by atoms with van der Waals surface area (Å²) >= 11 is 0. The van der Waals surface area contributed by atoms with Crippen LogP contribution in [0.3, 0.4) is 0 Å². The van der Waals surface area contributed by atoms with Crippen LogP contribution < -0.4 is 5.32 Å². The number of nitrogens with zero attached hydrogens (tertiary/aromatic N) is 2. The van der Waals surface area contributed by atoms with E-state index in [4.69, 9.17) is 5.11 Å². The van der Waals surface area contributed by atoms with Crippen LogP contribution in [0, 0.1) is 18.8 Å². The van der Waals surface area contributed by atoms with Crippen molar-refractivity contribution in [2.45, 2.75) is 33.6 Å². The minimum absolute atomic E-state index is 0.0471. The molecule has 1 aromatic heterocycles. The van der Waals surface area contributed by atoms with Crippen molar-refractivity contribution < 1.29 is 14.7 Å². The van der Waals surface area contributed by atoms with E-state index in [9.17, 15) is 9.59 Å². The standard InChI is InChI=1S/C12H20N4O3/c1-7(2)4-9(5-10(17)18)6-13-12(19)11-14-8(3)15-16-11/h7,9H,4-6H2,1-3H3,(H,13,19)(H,17,18)(H,14,15,16)/t9-/m0/s1. The van der Waals surface area contributed by atoms with Gasteiger partial charge in [-0.3, -0.25) is 14.7 Å². The molecule has 106 valence electrons. The van der Waals surface area contributed by atoms with Gasteiger partial charge in [0.15, 0.2) is 0 Å². The van der Waals surface area contributed by atoms with E-state index in [1.54, 1.807) is 6.92 Å². The number of aryl methyl sites for hydroxylation is 1. The third-order valence-electron chi connectivity index (χ3n) is 2.62. The van der Waals surface area contributed by atoms with Crippen LogP contribution in [0.4, 0.5) is 0 Å². The van der Waals surface area contributed by atoms with Crippen LogP contribution in [0.5, 0.6) is 0 Å². The highest BCUT2D eigenvalue weighted by atomic mass is 16.4. The molecule has 0 bridgehead atoms. The maximum absolute atomic E-state index is 11.7. The number of carbonyl (C=O) groups excluding carboxylic acids is 1. The van der Waals surface area contributed by atoms with Crippen molar-refractivity contribution in [2.24, 2.45) is 11.8 Å². The molecule has 19 heavy (non-hydrogen) atoms. The molecular weight excluding hydrogens is 248 g/mol. The van der Waals surface area contributed by atoms with E-state index in [0.29, 0.717) is 18.3 Å². The number of carbonyl (C=O) groups is 2. The smallest absolute Gasteiger partial charge is 0.303 e. The maximum atomic E-state index is 11.7. The average molecular weight is 268 g/mol. The van der Waals surface area contributed by atoms with Gasteiger partial charge in [-0.05, 0) is 25.2 Å². The molecule has 0 fully saturated rings. The second-order valence-electron chi connectivity index (χ2n) is 5.05. The van der Waals surface area contributed by atoms with E-state index in [1.807, 2.05) is 13.8 Å². The van der Waals surface area contributed by atoms with Gasteiger partial charge in [-0.25, -0.2) is 4.98 Å². The van der Waals surface area contributed by atoms with Crippen molar-refractivity contribution in [3.63, 3.8) is 0 Å². The molecule has 0 aliphatic heterocycles. The Kier molecular flexibility index (Phi) is 5.47. The molecule has 1 amide bonds. The SMILES string of the molecule is Cc1nc(C(=O)NC[C@H](CC(=O)O)CC(C)C)n[nH]1. The number of hydrogen-bond acceptors (Lipinski definition) is 4. The number of hydrogen-bond donors (Lipinski definition) is 3. The zero-order chi connectivity index (χ0) is 14.4. The van der Waals surface area contributed by atoms with Gasteiger partial charge >= 0.3 is 5.97 Å². The molecule has 1 rings (SSSR count). The van der Waals surface area contributed by atoms with Crippen molar-refractivity contribution in [3.05, 3.63) is 11.6 Å². The molecule has 0 aliphatic rings. The number of carboxylic acids is 1. The van der Waals surface area contributed by atoms with Gasteiger partial charge in [0, 0.05) is 13.0 Å². The number of amides is 1. The van der Waals surface area contributed by atoms with E-state index in [0.717, 1.165) is 6.42 Å². The van der Waals surface area contributed by atoms with Crippen LogP contribution in [0.2, 0.25) is 0 Å². The zero-order valence-corrected chi connectivity index (χ0v) is 11.4. The minimum atomic E-state index is -0.853. The molecule has 1 heterocycles. The largest absolute Gasteiger partial charge is 0.481 e. The summed E-state index contributed by atoms with van der Waals surface area (Å²) in [5.41, 5.74) is 0. The van der Waals surface area contributed by atoms with Gasteiger partial charge in [-0.15, -0.1) is 5.10 Å². The van der Waals surface area contributed by atoms with Gasteiger partial charge in [-0.2, -0.15) is 0 Å². The van der Waals surface area contributed by atoms with Crippen LogP contribution in [-0.2, 0) is 4.79 Å². The quantitative estimate of drug-likeness (QED) is 0.683. The van der Waals surface area contributed by atoms with E-state index in [2.05, 4.69) is 20.5 Å². The van der Waals surface area contributed by atoms with E-state index >= 15 is 0 Å². The third kappa shape index (κ3) is 5.50. The maximum Gasteiger partial charge on any atom is 0.303 e. The van der Waals surface area contributed by atoms with E-state index < -0.39 is 5.97 Å². The molecule has 1 atom stereocenters. The number of H-pyrrole nitrogens is 1. The van der Waals surface area contributed by atoms with Crippen molar-refractivity contribution in [3.8, 4) is 0 Å². The lowest BCUT2D eigenvalue weighted by Crippen LogP contribution is -2.31. The molecule has 0 saturated heterocycles. The summed E-state index contributed by atoms with van der Waals surface area (Å²) in [4.78, 5) is 26.4. The molecular formula is C12H20N4O3. The van der Waals surface area contributed by atoms with Crippen LogP contribution >= 0.6 is 0 Å². The Hall–Kier alpha value is -1.92. The summed E-state index contributed by atoms with van der Waals surface area (Å²) in [6, 6.07) is 0. The Balaban J connectivity index is 2.50. The number of aromatic nitrogens is 3. The van der Waals surface area contributed by atoms with E-state index in [-0.39, 0.29) is 24.1 Å². The number of aliphatic carboxylic acids is 1. The summed E-state index contributed by atoms with van der Waals surface area (Å²) in [7, 11) is 0. The second kappa shape index (κ2) is 6.86. The molecule has 7 heteroatoms. The van der Waals surface area contributed by atoms with Gasteiger partial charge in [-0.1, -0.05) is 13.8 Å². The first-order valence-corrected chi connectivity index (χ1v) is 6.27. The summed E-state index contributed by atoms with van der Waals surface area (Å²) < 4.78 is 0. The summed E-state index contributed by atoms with van der Waals surface area (Å²) in [5.74, 6) is -0.295. The lowest BCUT2D eigenvalue weighted by atomic mass is 9.94. The third-order valence-corrected chi connectivity index (χ3v) is 2.62. The number of aromatic amines is 1. The lowest BCUT2D eigenvalue weighted by molar-refractivity contribution is -0.138. The first-order valence-electron chi connectivity index (χ1n) is 6.27. The number of rotatable bonds is 7. The van der Waals surface area contributed by atoms with Crippen molar-refractivity contribution in [1.82, 2.24) is 20.5 Å². The Morgan fingerprint density at radius 3 is 2.58 bits per heavy atom. The van der Waals surface area contributed by atoms with Crippen LogP contribution in [0.25, 0.3) is 0 Å². The van der Waals surface area contributed by atoms with Crippen LogP contribution in [0.1, 0.15) is 43.1 Å². The second-order valence-corrected chi connectivity index (χ2v) is 5.05. The Morgan fingerprint density at radius 1 is 1.42 bits per heavy atom. The molecule has 0 saturated carbocycles. The fourth-order valence-corrected chi connectivity index (χ4v) is 1.91. The molecule has 0 aliphatic carbocycles. The monoisotopic (exact) mass is 268 g/mol. The van der Waals surface area contributed by atoms with Gasteiger partial charge in [0.1, 0.15) is 5.82 Å². The summed E-state index contributed by atoms with van der Waals surface area (Å²) in [6.07, 6.45) is 0.797. The van der Waals surface area contributed by atoms with Crippen LogP contribution in [0.15, 0.2) is 0 Å². The lowest BCUT2D eigenvalue weighted by Gasteiger charge is -2.17. The fourth-order valence-electron chi connectivity index (χ4n) is 1.91. The Bertz CT molecular complexity index is 442.